The van der Waals surface area contributed by atoms with E-state index in [1.807, 2.05) is 12.2 Å². The van der Waals surface area contributed by atoms with Gasteiger partial charge in [-0.2, -0.15) is 26.3 Å². The summed E-state index contributed by atoms with van der Waals surface area (Å²) < 4.78 is 78.9. The van der Waals surface area contributed by atoms with E-state index in [-0.39, 0.29) is 25.9 Å². The van der Waals surface area contributed by atoms with Crippen LogP contribution in [0.25, 0.3) is 0 Å². The van der Waals surface area contributed by atoms with Crippen LogP contribution in [0.4, 0.5) is 31.1 Å². The van der Waals surface area contributed by atoms with Crippen molar-refractivity contribution in [3.63, 3.8) is 0 Å². The summed E-state index contributed by atoms with van der Waals surface area (Å²) in [5, 5.41) is 1.20. The number of hydrogen-bond acceptors (Lipinski definition) is 1. The van der Waals surface area contributed by atoms with Gasteiger partial charge < -0.3 is 10.2 Å². The van der Waals surface area contributed by atoms with Crippen LogP contribution in [-0.4, -0.2) is 35.4 Å². The van der Waals surface area contributed by atoms with Gasteiger partial charge in [-0.25, -0.2) is 4.79 Å². The molecule has 2 amide bonds. The van der Waals surface area contributed by atoms with Gasteiger partial charge in [-0.15, -0.1) is 0 Å². The number of rotatable bonds is 5. The Balaban J connectivity index is 2.24. The summed E-state index contributed by atoms with van der Waals surface area (Å²) in [6.45, 7) is -0.0789. The Morgan fingerprint density at radius 1 is 1.07 bits per heavy atom. The number of carbonyl (C=O) groups excluding carboxylic acids is 1. The van der Waals surface area contributed by atoms with E-state index in [1.54, 1.807) is 30.3 Å². The maximum atomic E-state index is 13.1. The van der Waals surface area contributed by atoms with Gasteiger partial charge in [0.15, 0.2) is 0 Å². The second-order valence-corrected chi connectivity index (χ2v) is 7.07. The largest absolute Gasteiger partial charge is 0.420 e. The van der Waals surface area contributed by atoms with Gasteiger partial charge in [-0.05, 0) is 37.7 Å². The van der Waals surface area contributed by atoms with Crippen molar-refractivity contribution in [2.75, 3.05) is 6.54 Å². The third-order valence-electron chi connectivity index (χ3n) is 4.85. The van der Waals surface area contributed by atoms with Crippen molar-refractivity contribution in [1.29, 1.82) is 0 Å². The van der Waals surface area contributed by atoms with Gasteiger partial charge in [0.25, 0.3) is 0 Å². The number of carbonyl (C=O) groups is 1. The highest BCUT2D eigenvalue weighted by Crippen LogP contribution is 2.42. The number of alkyl halides is 6. The van der Waals surface area contributed by atoms with E-state index in [9.17, 15) is 31.1 Å². The molecular formula is C19H22F6N2O. The van der Waals surface area contributed by atoms with Crippen LogP contribution in [0.5, 0.6) is 0 Å². The summed E-state index contributed by atoms with van der Waals surface area (Å²) in [7, 11) is 0. The van der Waals surface area contributed by atoms with Crippen molar-refractivity contribution in [2.24, 2.45) is 5.92 Å². The molecule has 1 aromatic carbocycles. The van der Waals surface area contributed by atoms with Crippen LogP contribution in [0.2, 0.25) is 0 Å². The van der Waals surface area contributed by atoms with Crippen molar-refractivity contribution in [3.8, 4) is 0 Å². The lowest BCUT2D eigenvalue weighted by atomic mass is 9.93. The molecule has 1 N–H and O–H groups in total. The van der Waals surface area contributed by atoms with E-state index in [2.05, 4.69) is 0 Å². The van der Waals surface area contributed by atoms with Crippen molar-refractivity contribution >= 4 is 6.03 Å². The van der Waals surface area contributed by atoms with Gasteiger partial charge in [0, 0.05) is 13.1 Å². The van der Waals surface area contributed by atoms with Gasteiger partial charge >= 0.3 is 18.4 Å². The number of allylic oxidation sites excluding steroid dienone is 2. The van der Waals surface area contributed by atoms with Crippen LogP contribution < -0.4 is 5.32 Å². The quantitative estimate of drug-likeness (QED) is 0.511. The molecule has 2 rings (SSSR count). The minimum atomic E-state index is -5.69. The number of nitrogens with zero attached hydrogens (tertiary/aromatic N) is 1. The summed E-state index contributed by atoms with van der Waals surface area (Å²) in [6, 6.07) is 7.02. The van der Waals surface area contributed by atoms with Crippen molar-refractivity contribution in [3.05, 3.63) is 48.0 Å². The van der Waals surface area contributed by atoms with Gasteiger partial charge in [0.2, 0.25) is 5.54 Å². The Kier molecular flexibility index (Phi) is 6.67. The molecule has 28 heavy (non-hydrogen) atoms. The lowest BCUT2D eigenvalue weighted by Gasteiger charge is -2.37. The summed E-state index contributed by atoms with van der Waals surface area (Å²) in [6.07, 6.45) is -5.42. The van der Waals surface area contributed by atoms with Crippen molar-refractivity contribution in [2.45, 2.75) is 50.6 Å². The van der Waals surface area contributed by atoms with E-state index in [1.165, 1.54) is 5.32 Å². The number of nitrogens with one attached hydrogen (secondary N) is 1. The molecule has 1 aliphatic rings. The van der Waals surface area contributed by atoms with Crippen molar-refractivity contribution < 1.29 is 31.1 Å². The maximum Gasteiger partial charge on any atom is 0.420 e. The molecule has 0 saturated heterocycles. The normalized spacial score (nSPS) is 18.0. The van der Waals surface area contributed by atoms with Gasteiger partial charge in [0.05, 0.1) is 0 Å². The number of amides is 2. The second-order valence-electron chi connectivity index (χ2n) is 7.07. The van der Waals surface area contributed by atoms with E-state index in [0.29, 0.717) is 18.4 Å². The van der Waals surface area contributed by atoms with E-state index in [4.69, 9.17) is 0 Å². The summed E-state index contributed by atoms with van der Waals surface area (Å²) in [4.78, 5) is 13.5. The van der Waals surface area contributed by atoms with E-state index < -0.39 is 23.9 Å². The molecule has 0 fully saturated rings. The highest BCUT2D eigenvalue weighted by molar-refractivity contribution is 5.75. The van der Waals surface area contributed by atoms with Crippen molar-refractivity contribution in [1.82, 2.24) is 10.2 Å². The van der Waals surface area contributed by atoms with Crippen LogP contribution in [0.15, 0.2) is 42.5 Å². The molecule has 0 bridgehead atoms. The van der Waals surface area contributed by atoms with Gasteiger partial charge in [0.1, 0.15) is 0 Å². The molecule has 3 nitrogen and oxygen atoms in total. The molecule has 0 aromatic heterocycles. The average Bonchev–Trinajstić information content (AvgIpc) is 2.61. The Labute approximate surface area is 159 Å². The smallest absolute Gasteiger partial charge is 0.320 e. The molecule has 0 saturated carbocycles. The summed E-state index contributed by atoms with van der Waals surface area (Å²) in [5.74, 6) is -0.0255. The monoisotopic (exact) mass is 408 g/mol. The molecule has 0 radical (unpaired) electrons. The maximum absolute atomic E-state index is 13.1. The first-order valence-corrected chi connectivity index (χ1v) is 8.83. The zero-order valence-electron chi connectivity index (χ0n) is 15.3. The highest BCUT2D eigenvalue weighted by atomic mass is 19.4. The number of halogens is 6. The molecule has 1 unspecified atom stereocenters. The Bertz CT molecular complexity index is 670. The first kappa shape index (κ1) is 22.1. The fourth-order valence-corrected chi connectivity index (χ4v) is 2.95. The first-order chi connectivity index (χ1) is 12.9. The average molecular weight is 408 g/mol. The summed E-state index contributed by atoms with van der Waals surface area (Å²) in [5.41, 5.74) is -3.72. The van der Waals surface area contributed by atoms with E-state index in [0.717, 1.165) is 11.3 Å². The Morgan fingerprint density at radius 3 is 2.18 bits per heavy atom. The van der Waals surface area contributed by atoms with Crippen LogP contribution in [0, 0.1) is 5.92 Å². The van der Waals surface area contributed by atoms with Crippen LogP contribution in [-0.2, 0) is 6.54 Å². The zero-order valence-corrected chi connectivity index (χ0v) is 15.3. The summed E-state index contributed by atoms with van der Waals surface area (Å²) >= 11 is 0. The standard InChI is InChI=1S/C19H22F6N2O/c1-17(18(20,21)22,19(23,24)25)26-16(28)27(12-14-8-4-2-5-9-14)13-15-10-6-3-7-11-15/h2-6,8-9,15H,7,10-13H2,1H3,(H,26,28). The number of benzene rings is 1. The second kappa shape index (κ2) is 8.45. The molecule has 0 aliphatic heterocycles. The highest BCUT2D eigenvalue weighted by Gasteiger charge is 2.68. The fourth-order valence-electron chi connectivity index (χ4n) is 2.95. The third kappa shape index (κ3) is 5.20. The minimum absolute atomic E-state index is 0.0255. The predicted octanol–water partition coefficient (Wildman–Crippen LogP) is 5.44. The molecule has 1 atom stereocenters. The number of hydrogen-bond donors (Lipinski definition) is 1. The molecule has 0 heterocycles. The SMILES string of the molecule is CC(NC(=O)N(Cc1ccccc1)CC1CC=CCC1)(C(F)(F)F)C(F)(F)F. The number of urea groups is 1. The molecule has 156 valence electrons. The predicted molar refractivity (Wildman–Crippen MR) is 92.4 cm³/mol. The molecular weight excluding hydrogens is 386 g/mol. The topological polar surface area (TPSA) is 32.3 Å². The van der Waals surface area contributed by atoms with Crippen LogP contribution in [0.1, 0.15) is 31.7 Å². The Morgan fingerprint density at radius 2 is 1.68 bits per heavy atom. The third-order valence-corrected chi connectivity index (χ3v) is 4.85. The van der Waals surface area contributed by atoms with Crippen LogP contribution >= 0.6 is 0 Å². The fraction of sp³-hybridized carbons (Fsp3) is 0.526. The van der Waals surface area contributed by atoms with Crippen LogP contribution in [0.3, 0.4) is 0 Å². The molecule has 9 heteroatoms. The minimum Gasteiger partial charge on any atom is -0.320 e. The molecule has 0 spiro atoms. The van der Waals surface area contributed by atoms with Gasteiger partial charge in [-0.1, -0.05) is 42.5 Å². The zero-order chi connectivity index (χ0) is 21.0. The van der Waals surface area contributed by atoms with E-state index >= 15 is 0 Å². The first-order valence-electron chi connectivity index (χ1n) is 8.83. The lowest BCUT2D eigenvalue weighted by molar-refractivity contribution is -0.298. The lowest BCUT2D eigenvalue weighted by Crippen LogP contribution is -2.67. The van der Waals surface area contributed by atoms with Gasteiger partial charge in [-0.3, -0.25) is 0 Å². The Hall–Kier alpha value is -2.19. The molecule has 1 aromatic rings. The molecule has 1 aliphatic carbocycles.